The van der Waals surface area contributed by atoms with Crippen LogP contribution in [0.25, 0.3) is 0 Å². The second-order valence-corrected chi connectivity index (χ2v) is 7.13. The Kier molecular flexibility index (Phi) is 5.32. The Morgan fingerprint density at radius 2 is 1.73 bits per heavy atom. The molecule has 5 heteroatoms. The minimum absolute atomic E-state index is 0.264. The minimum atomic E-state index is -3.48. The molecule has 0 spiro atoms. The Morgan fingerprint density at radius 1 is 1.05 bits per heavy atom. The first-order valence-corrected chi connectivity index (χ1v) is 8.68. The van der Waals surface area contributed by atoms with Crippen molar-refractivity contribution < 1.29 is 12.8 Å². The number of halogens is 1. The zero-order chi connectivity index (χ0) is 16.2. The standard InChI is InChI=1S/C17H20FNO2S/c1-13-5-6-14(2)17(12-13)22(20,21)19-11-3-4-15-7-9-16(18)10-8-15/h5-10,12,19H,3-4,11H2,1-2H3. The summed E-state index contributed by atoms with van der Waals surface area (Å²) in [6.07, 6.45) is 1.37. The molecule has 0 aliphatic carbocycles. The van der Waals surface area contributed by atoms with Gasteiger partial charge in [0, 0.05) is 6.54 Å². The van der Waals surface area contributed by atoms with Crippen molar-refractivity contribution in [2.75, 3.05) is 6.54 Å². The Hall–Kier alpha value is -1.72. The molecule has 0 aromatic heterocycles. The highest BCUT2D eigenvalue weighted by Crippen LogP contribution is 2.16. The Balaban J connectivity index is 1.93. The summed E-state index contributed by atoms with van der Waals surface area (Å²) in [5, 5.41) is 0. The quantitative estimate of drug-likeness (QED) is 0.829. The monoisotopic (exact) mass is 321 g/mol. The maximum atomic E-state index is 12.8. The van der Waals surface area contributed by atoms with Gasteiger partial charge in [-0.1, -0.05) is 24.3 Å². The van der Waals surface area contributed by atoms with Gasteiger partial charge in [-0.25, -0.2) is 17.5 Å². The van der Waals surface area contributed by atoms with Crippen LogP contribution in [0, 0.1) is 19.7 Å². The van der Waals surface area contributed by atoms with Gasteiger partial charge in [0.2, 0.25) is 10.0 Å². The van der Waals surface area contributed by atoms with Gasteiger partial charge in [0.1, 0.15) is 5.82 Å². The van der Waals surface area contributed by atoms with E-state index in [4.69, 9.17) is 0 Å². The molecule has 0 saturated carbocycles. The van der Waals surface area contributed by atoms with Gasteiger partial charge in [-0.15, -0.1) is 0 Å². The van der Waals surface area contributed by atoms with E-state index in [2.05, 4.69) is 4.72 Å². The Bertz CT molecular complexity index is 740. The number of rotatable bonds is 6. The van der Waals surface area contributed by atoms with E-state index < -0.39 is 10.0 Å². The molecule has 0 fully saturated rings. The third kappa shape index (κ3) is 4.39. The summed E-state index contributed by atoms with van der Waals surface area (Å²) in [4.78, 5) is 0.328. The summed E-state index contributed by atoms with van der Waals surface area (Å²) in [5.41, 5.74) is 2.64. The summed E-state index contributed by atoms with van der Waals surface area (Å²) in [5.74, 6) is -0.264. The predicted molar refractivity (Wildman–Crippen MR) is 85.8 cm³/mol. The maximum absolute atomic E-state index is 12.8. The topological polar surface area (TPSA) is 46.2 Å². The van der Waals surface area contributed by atoms with E-state index in [0.717, 1.165) is 16.7 Å². The van der Waals surface area contributed by atoms with E-state index in [1.165, 1.54) is 12.1 Å². The number of nitrogens with one attached hydrogen (secondary N) is 1. The fraction of sp³-hybridized carbons (Fsp3) is 0.294. The van der Waals surface area contributed by atoms with Crippen LogP contribution in [0.4, 0.5) is 4.39 Å². The molecular formula is C17H20FNO2S. The molecular weight excluding hydrogens is 301 g/mol. The van der Waals surface area contributed by atoms with Crippen molar-refractivity contribution in [3.8, 4) is 0 Å². The highest BCUT2D eigenvalue weighted by Gasteiger charge is 2.16. The molecule has 0 aliphatic heterocycles. The summed E-state index contributed by atoms with van der Waals surface area (Å²) >= 11 is 0. The van der Waals surface area contributed by atoms with Gasteiger partial charge in [0.05, 0.1) is 4.90 Å². The summed E-state index contributed by atoms with van der Waals surface area (Å²) < 4.78 is 40.0. The first-order chi connectivity index (χ1) is 10.4. The molecule has 0 atom stereocenters. The zero-order valence-corrected chi connectivity index (χ0v) is 13.6. The van der Waals surface area contributed by atoms with E-state index in [0.29, 0.717) is 24.3 Å². The molecule has 2 aromatic carbocycles. The van der Waals surface area contributed by atoms with E-state index >= 15 is 0 Å². The van der Waals surface area contributed by atoms with Crippen LogP contribution in [-0.2, 0) is 16.4 Å². The molecule has 0 aliphatic rings. The lowest BCUT2D eigenvalue weighted by Gasteiger charge is -2.10. The Labute approximate surface area is 131 Å². The number of hydrogen-bond donors (Lipinski definition) is 1. The van der Waals surface area contributed by atoms with Crippen LogP contribution in [0.5, 0.6) is 0 Å². The fourth-order valence-corrected chi connectivity index (χ4v) is 3.63. The second kappa shape index (κ2) is 7.03. The van der Waals surface area contributed by atoms with E-state index in [1.807, 2.05) is 19.1 Å². The van der Waals surface area contributed by atoms with Gasteiger partial charge < -0.3 is 0 Å². The number of hydrogen-bond acceptors (Lipinski definition) is 2. The van der Waals surface area contributed by atoms with Gasteiger partial charge in [0.15, 0.2) is 0 Å². The highest BCUT2D eigenvalue weighted by atomic mass is 32.2. The van der Waals surface area contributed by atoms with Crippen molar-refractivity contribution in [1.29, 1.82) is 0 Å². The third-order valence-corrected chi connectivity index (χ3v) is 5.08. The van der Waals surface area contributed by atoms with Crippen molar-refractivity contribution in [3.05, 3.63) is 65.0 Å². The van der Waals surface area contributed by atoms with Crippen molar-refractivity contribution in [1.82, 2.24) is 4.72 Å². The molecule has 3 nitrogen and oxygen atoms in total. The molecule has 0 bridgehead atoms. The van der Waals surface area contributed by atoms with Crippen LogP contribution >= 0.6 is 0 Å². The third-order valence-electron chi connectivity index (χ3n) is 3.48. The van der Waals surface area contributed by atoms with Crippen LogP contribution in [0.2, 0.25) is 0 Å². The smallest absolute Gasteiger partial charge is 0.211 e. The van der Waals surface area contributed by atoms with Crippen LogP contribution in [0.1, 0.15) is 23.1 Å². The zero-order valence-electron chi connectivity index (χ0n) is 12.8. The Morgan fingerprint density at radius 3 is 2.41 bits per heavy atom. The molecule has 2 aromatic rings. The van der Waals surface area contributed by atoms with E-state index in [9.17, 15) is 12.8 Å². The van der Waals surface area contributed by atoms with E-state index in [-0.39, 0.29) is 5.82 Å². The summed E-state index contributed by atoms with van der Waals surface area (Å²) in [6.45, 7) is 4.01. The van der Waals surface area contributed by atoms with Crippen molar-refractivity contribution in [3.63, 3.8) is 0 Å². The average molecular weight is 321 g/mol. The van der Waals surface area contributed by atoms with Crippen LogP contribution < -0.4 is 4.72 Å². The molecule has 0 saturated heterocycles. The average Bonchev–Trinajstić information content (AvgIpc) is 2.48. The molecule has 2 rings (SSSR count). The number of aryl methyl sites for hydroxylation is 3. The van der Waals surface area contributed by atoms with Crippen LogP contribution in [0.15, 0.2) is 47.4 Å². The lowest BCUT2D eigenvalue weighted by molar-refractivity contribution is 0.578. The highest BCUT2D eigenvalue weighted by molar-refractivity contribution is 7.89. The molecule has 1 N–H and O–H groups in total. The molecule has 118 valence electrons. The summed E-state index contributed by atoms with van der Waals surface area (Å²) in [6, 6.07) is 11.6. The maximum Gasteiger partial charge on any atom is 0.240 e. The SMILES string of the molecule is Cc1ccc(C)c(S(=O)(=O)NCCCc2ccc(F)cc2)c1. The second-order valence-electron chi connectivity index (χ2n) is 5.40. The van der Waals surface area contributed by atoms with Gasteiger partial charge >= 0.3 is 0 Å². The fourth-order valence-electron chi connectivity index (χ4n) is 2.22. The van der Waals surface area contributed by atoms with Gasteiger partial charge in [0.25, 0.3) is 0 Å². The molecule has 22 heavy (non-hydrogen) atoms. The van der Waals surface area contributed by atoms with Crippen molar-refractivity contribution in [2.45, 2.75) is 31.6 Å². The molecule has 0 unspecified atom stereocenters. The number of sulfonamides is 1. The molecule has 0 heterocycles. The van der Waals surface area contributed by atoms with Crippen molar-refractivity contribution in [2.24, 2.45) is 0 Å². The van der Waals surface area contributed by atoms with Gasteiger partial charge in [-0.05, 0) is 61.6 Å². The first kappa shape index (κ1) is 16.6. The normalized spacial score (nSPS) is 11.6. The van der Waals surface area contributed by atoms with Gasteiger partial charge in [-0.3, -0.25) is 0 Å². The summed E-state index contributed by atoms with van der Waals surface area (Å²) in [7, 11) is -3.48. The molecule has 0 amide bonds. The minimum Gasteiger partial charge on any atom is -0.211 e. The van der Waals surface area contributed by atoms with Gasteiger partial charge in [-0.2, -0.15) is 0 Å². The first-order valence-electron chi connectivity index (χ1n) is 7.20. The van der Waals surface area contributed by atoms with E-state index in [1.54, 1.807) is 25.1 Å². The van der Waals surface area contributed by atoms with Crippen molar-refractivity contribution >= 4 is 10.0 Å². The lowest BCUT2D eigenvalue weighted by atomic mass is 10.1. The lowest BCUT2D eigenvalue weighted by Crippen LogP contribution is -2.25. The molecule has 0 radical (unpaired) electrons. The number of benzene rings is 2. The predicted octanol–water partition coefficient (Wildman–Crippen LogP) is 3.35. The largest absolute Gasteiger partial charge is 0.240 e. The van der Waals surface area contributed by atoms with Crippen LogP contribution in [-0.4, -0.2) is 15.0 Å². The van der Waals surface area contributed by atoms with Crippen LogP contribution in [0.3, 0.4) is 0 Å².